The van der Waals surface area contributed by atoms with E-state index in [1.807, 2.05) is 13.0 Å². The molecule has 0 radical (unpaired) electrons. The lowest BCUT2D eigenvalue weighted by molar-refractivity contribution is -0.154. The van der Waals surface area contributed by atoms with Crippen LogP contribution in [-0.2, 0) is 20.4 Å². The molecule has 2 aromatic carbocycles. The lowest BCUT2D eigenvalue weighted by atomic mass is 9.61. The van der Waals surface area contributed by atoms with Crippen molar-refractivity contribution in [3.05, 3.63) is 70.8 Å². The van der Waals surface area contributed by atoms with E-state index in [1.54, 1.807) is 0 Å². The average molecular weight is 377 g/mol. The largest absolute Gasteiger partial charge is 0.461 e. The molecule has 1 aliphatic rings. The van der Waals surface area contributed by atoms with Crippen LogP contribution in [0.5, 0.6) is 0 Å². The molecule has 1 atom stereocenters. The smallest absolute Gasteiger partial charge is 0.305 e. The van der Waals surface area contributed by atoms with Gasteiger partial charge >= 0.3 is 5.97 Å². The standard InChI is InChI=1S/C26H32O2/c1-7-24(27)28-23-17-25(3,4)22-16-20(13-14-21(22)26(23,5)6)18(2)15-19-11-9-8-10-12-19/h8-16,23H,7,17H2,1-6H3. The van der Waals surface area contributed by atoms with Crippen LogP contribution >= 0.6 is 0 Å². The van der Waals surface area contributed by atoms with E-state index in [9.17, 15) is 4.79 Å². The number of fused-ring (bicyclic) bond motifs is 1. The number of benzene rings is 2. The molecular weight excluding hydrogens is 344 g/mol. The van der Waals surface area contributed by atoms with Gasteiger partial charge in [-0.1, -0.05) is 89.2 Å². The van der Waals surface area contributed by atoms with Gasteiger partial charge in [0, 0.05) is 11.8 Å². The molecule has 0 spiro atoms. The summed E-state index contributed by atoms with van der Waals surface area (Å²) in [5.41, 5.74) is 6.10. The quantitative estimate of drug-likeness (QED) is 0.448. The Kier molecular flexibility index (Phi) is 5.52. The van der Waals surface area contributed by atoms with Crippen LogP contribution in [0.25, 0.3) is 11.6 Å². The highest BCUT2D eigenvalue weighted by Gasteiger charge is 2.46. The number of hydrogen-bond donors (Lipinski definition) is 0. The highest BCUT2D eigenvalue weighted by Crippen LogP contribution is 2.47. The summed E-state index contributed by atoms with van der Waals surface area (Å²) in [5, 5.41) is 0. The third-order valence-corrected chi connectivity index (χ3v) is 6.14. The van der Waals surface area contributed by atoms with Gasteiger partial charge in [-0.2, -0.15) is 0 Å². The normalized spacial score (nSPS) is 20.4. The van der Waals surface area contributed by atoms with Crippen molar-refractivity contribution in [3.8, 4) is 0 Å². The van der Waals surface area contributed by atoms with Gasteiger partial charge in [0.1, 0.15) is 6.10 Å². The van der Waals surface area contributed by atoms with E-state index in [-0.39, 0.29) is 22.9 Å². The number of rotatable bonds is 4. The van der Waals surface area contributed by atoms with Crippen LogP contribution < -0.4 is 0 Å². The van der Waals surface area contributed by atoms with Crippen molar-refractivity contribution in [1.29, 1.82) is 0 Å². The lowest BCUT2D eigenvalue weighted by Crippen LogP contribution is -2.47. The van der Waals surface area contributed by atoms with Gasteiger partial charge in [-0.15, -0.1) is 0 Å². The summed E-state index contributed by atoms with van der Waals surface area (Å²) < 4.78 is 5.85. The second-order valence-corrected chi connectivity index (χ2v) is 9.14. The molecule has 0 bridgehead atoms. The molecule has 148 valence electrons. The Hall–Kier alpha value is -2.35. The summed E-state index contributed by atoms with van der Waals surface area (Å²) >= 11 is 0. The minimum absolute atomic E-state index is 0.0490. The number of allylic oxidation sites excluding steroid dienone is 1. The number of carbonyl (C=O) groups is 1. The summed E-state index contributed by atoms with van der Waals surface area (Å²) in [5.74, 6) is -0.115. The molecule has 0 heterocycles. The summed E-state index contributed by atoms with van der Waals surface area (Å²) in [4.78, 5) is 12.0. The van der Waals surface area contributed by atoms with E-state index in [1.165, 1.54) is 27.8 Å². The van der Waals surface area contributed by atoms with Gasteiger partial charge in [0.2, 0.25) is 0 Å². The van der Waals surface area contributed by atoms with E-state index in [0.717, 1.165) is 6.42 Å². The Bertz CT molecular complexity index is 888. The lowest BCUT2D eigenvalue weighted by Gasteiger charge is -2.47. The van der Waals surface area contributed by atoms with Gasteiger partial charge in [0.25, 0.3) is 0 Å². The number of hydrogen-bond acceptors (Lipinski definition) is 2. The maximum absolute atomic E-state index is 12.0. The number of carbonyl (C=O) groups excluding carboxylic acids is 1. The molecule has 1 aliphatic carbocycles. The molecule has 0 aromatic heterocycles. The topological polar surface area (TPSA) is 26.3 Å². The van der Waals surface area contributed by atoms with E-state index >= 15 is 0 Å². The van der Waals surface area contributed by atoms with Crippen molar-refractivity contribution in [1.82, 2.24) is 0 Å². The molecule has 1 unspecified atom stereocenters. The highest BCUT2D eigenvalue weighted by molar-refractivity contribution is 5.80. The molecule has 3 rings (SSSR count). The van der Waals surface area contributed by atoms with Crippen molar-refractivity contribution in [2.45, 2.75) is 71.3 Å². The Morgan fingerprint density at radius 2 is 1.75 bits per heavy atom. The van der Waals surface area contributed by atoms with Crippen molar-refractivity contribution in [3.63, 3.8) is 0 Å². The Balaban J connectivity index is 2.01. The van der Waals surface area contributed by atoms with E-state index < -0.39 is 0 Å². The SMILES string of the molecule is CCC(=O)OC1CC(C)(C)c2cc(C(C)=Cc3ccccc3)ccc2C1(C)C. The molecular formula is C26H32O2. The van der Waals surface area contributed by atoms with Gasteiger partial charge < -0.3 is 4.74 Å². The zero-order chi connectivity index (χ0) is 20.5. The summed E-state index contributed by atoms with van der Waals surface area (Å²) in [6, 6.07) is 17.2. The van der Waals surface area contributed by atoms with Crippen LogP contribution in [0.4, 0.5) is 0 Å². The molecule has 2 heteroatoms. The Labute approximate surface area is 169 Å². The minimum Gasteiger partial charge on any atom is -0.461 e. The first-order chi connectivity index (χ1) is 13.1. The monoisotopic (exact) mass is 376 g/mol. The van der Waals surface area contributed by atoms with Crippen molar-refractivity contribution < 1.29 is 9.53 Å². The van der Waals surface area contributed by atoms with Crippen LogP contribution in [-0.4, -0.2) is 12.1 Å². The maximum Gasteiger partial charge on any atom is 0.305 e. The summed E-state index contributed by atoms with van der Waals surface area (Å²) in [6.07, 6.45) is 3.38. The predicted molar refractivity (Wildman–Crippen MR) is 117 cm³/mol. The fraction of sp³-hybridized carbons (Fsp3) is 0.423. The first kappa shape index (κ1) is 20.4. The minimum atomic E-state index is -0.203. The molecule has 0 aliphatic heterocycles. The van der Waals surface area contributed by atoms with Crippen LogP contribution in [0.2, 0.25) is 0 Å². The van der Waals surface area contributed by atoms with Crippen LogP contribution in [0.15, 0.2) is 48.5 Å². The maximum atomic E-state index is 12.0. The molecule has 2 aromatic rings. The van der Waals surface area contributed by atoms with Crippen LogP contribution in [0.3, 0.4) is 0 Å². The molecule has 0 amide bonds. The van der Waals surface area contributed by atoms with E-state index in [0.29, 0.717) is 6.42 Å². The van der Waals surface area contributed by atoms with Crippen LogP contribution in [0, 0.1) is 0 Å². The van der Waals surface area contributed by atoms with Gasteiger partial charge in [-0.25, -0.2) is 0 Å². The molecule has 0 saturated heterocycles. The fourth-order valence-electron chi connectivity index (χ4n) is 4.23. The van der Waals surface area contributed by atoms with Gasteiger partial charge in [-0.3, -0.25) is 4.79 Å². The average Bonchev–Trinajstić information content (AvgIpc) is 2.66. The molecule has 0 fully saturated rings. The first-order valence-corrected chi connectivity index (χ1v) is 10.2. The molecule has 28 heavy (non-hydrogen) atoms. The zero-order valence-corrected chi connectivity index (χ0v) is 18.0. The molecule has 0 saturated carbocycles. The first-order valence-electron chi connectivity index (χ1n) is 10.2. The van der Waals surface area contributed by atoms with Gasteiger partial charge in [0.15, 0.2) is 0 Å². The van der Waals surface area contributed by atoms with Crippen LogP contribution in [0.1, 0.15) is 76.6 Å². The Morgan fingerprint density at radius 1 is 1.07 bits per heavy atom. The molecule has 0 N–H and O–H groups in total. The second-order valence-electron chi connectivity index (χ2n) is 9.14. The Morgan fingerprint density at radius 3 is 2.39 bits per heavy atom. The second kappa shape index (κ2) is 7.58. The fourth-order valence-corrected chi connectivity index (χ4v) is 4.23. The molecule has 2 nitrogen and oxygen atoms in total. The van der Waals surface area contributed by atoms with E-state index in [2.05, 4.69) is 83.2 Å². The van der Waals surface area contributed by atoms with Gasteiger partial charge in [0.05, 0.1) is 0 Å². The number of ether oxygens (including phenoxy) is 1. The van der Waals surface area contributed by atoms with E-state index in [4.69, 9.17) is 4.74 Å². The summed E-state index contributed by atoms with van der Waals surface area (Å²) in [7, 11) is 0. The third kappa shape index (κ3) is 3.92. The van der Waals surface area contributed by atoms with Crippen molar-refractivity contribution in [2.75, 3.05) is 0 Å². The third-order valence-electron chi connectivity index (χ3n) is 6.14. The number of esters is 1. The van der Waals surface area contributed by atoms with Crippen molar-refractivity contribution >= 4 is 17.6 Å². The van der Waals surface area contributed by atoms with Gasteiger partial charge in [-0.05, 0) is 46.6 Å². The van der Waals surface area contributed by atoms with Crippen molar-refractivity contribution in [2.24, 2.45) is 0 Å². The zero-order valence-electron chi connectivity index (χ0n) is 18.0. The summed E-state index contributed by atoms with van der Waals surface area (Å²) in [6.45, 7) is 12.9. The predicted octanol–water partition coefficient (Wildman–Crippen LogP) is 6.53. The highest BCUT2D eigenvalue weighted by atomic mass is 16.5.